The van der Waals surface area contributed by atoms with Crippen LogP contribution in [-0.2, 0) is 9.59 Å². The van der Waals surface area contributed by atoms with Gasteiger partial charge in [-0.05, 0) is 30.3 Å². The van der Waals surface area contributed by atoms with E-state index in [2.05, 4.69) is 0 Å². The molecule has 2 N–H and O–H groups in total. The number of aromatic hydroxyl groups is 1. The maximum Gasteiger partial charge on any atom is 0.336 e. The molecule has 7 nitrogen and oxygen atoms in total. The molecular weight excluding hydrogens is 343 g/mol. The molecule has 3 rings (SSSR count). The van der Waals surface area contributed by atoms with Gasteiger partial charge in [-0.2, -0.15) is 0 Å². The minimum atomic E-state index is -1.05. The number of nitrogens with one attached hydrogen (secondary N) is 1. The van der Waals surface area contributed by atoms with E-state index in [9.17, 15) is 23.9 Å². The number of methoxy groups -OCH3 is 1. The number of urea groups is 1. The van der Waals surface area contributed by atoms with Gasteiger partial charge < -0.3 is 9.84 Å². The van der Waals surface area contributed by atoms with Crippen molar-refractivity contribution in [1.29, 1.82) is 0 Å². The summed E-state index contributed by atoms with van der Waals surface area (Å²) in [5.74, 6) is -2.59. The Morgan fingerprint density at radius 1 is 1.15 bits per heavy atom. The summed E-state index contributed by atoms with van der Waals surface area (Å²) in [4.78, 5) is 37.3. The van der Waals surface area contributed by atoms with Crippen molar-refractivity contribution in [2.45, 2.75) is 0 Å². The highest BCUT2D eigenvalue weighted by Crippen LogP contribution is 2.28. The minimum absolute atomic E-state index is 0.159. The second-order valence-corrected chi connectivity index (χ2v) is 5.33. The van der Waals surface area contributed by atoms with Gasteiger partial charge in [-0.15, -0.1) is 0 Å². The summed E-state index contributed by atoms with van der Waals surface area (Å²) >= 11 is 0. The number of carbonyl (C=O) groups is 3. The third-order valence-electron chi connectivity index (χ3n) is 3.73. The molecule has 1 aliphatic heterocycles. The van der Waals surface area contributed by atoms with Crippen molar-refractivity contribution < 1.29 is 28.6 Å². The summed E-state index contributed by atoms with van der Waals surface area (Å²) in [5.41, 5.74) is -0.548. The zero-order valence-corrected chi connectivity index (χ0v) is 13.5. The normalized spacial score (nSPS) is 16.0. The third kappa shape index (κ3) is 3.00. The van der Waals surface area contributed by atoms with Gasteiger partial charge in [0.25, 0.3) is 11.8 Å². The van der Waals surface area contributed by atoms with E-state index < -0.39 is 29.2 Å². The van der Waals surface area contributed by atoms with E-state index in [4.69, 9.17) is 4.74 Å². The van der Waals surface area contributed by atoms with E-state index >= 15 is 0 Å². The highest BCUT2D eigenvalue weighted by Gasteiger charge is 2.38. The number of nitrogens with zero attached hydrogens (tertiary/aromatic N) is 1. The first-order chi connectivity index (χ1) is 12.4. The van der Waals surface area contributed by atoms with Crippen LogP contribution >= 0.6 is 0 Å². The molecule has 132 valence electrons. The second kappa shape index (κ2) is 6.67. The maximum atomic E-state index is 14.0. The first kappa shape index (κ1) is 17.2. The Morgan fingerprint density at radius 3 is 2.54 bits per heavy atom. The largest absolute Gasteiger partial charge is 0.507 e. The average molecular weight is 356 g/mol. The lowest BCUT2D eigenvalue weighted by Gasteiger charge is -2.26. The Labute approximate surface area is 147 Å². The topological polar surface area (TPSA) is 95.9 Å². The molecule has 0 spiro atoms. The Morgan fingerprint density at radius 2 is 1.88 bits per heavy atom. The molecule has 1 saturated heterocycles. The number of hydrogen-bond acceptors (Lipinski definition) is 5. The number of phenolic OH excluding ortho intramolecular Hbond substituents is 1. The molecule has 0 saturated carbocycles. The Bertz CT molecular complexity index is 954. The summed E-state index contributed by atoms with van der Waals surface area (Å²) in [6, 6.07) is 8.40. The molecule has 0 bridgehead atoms. The lowest BCUT2D eigenvalue weighted by molar-refractivity contribution is -0.122. The molecule has 8 heteroatoms. The van der Waals surface area contributed by atoms with Crippen LogP contribution in [0.3, 0.4) is 0 Å². The molecule has 1 fully saturated rings. The molecule has 0 unspecified atom stereocenters. The molecule has 2 aromatic carbocycles. The number of barbiturate groups is 1. The number of ether oxygens (including phenoxy) is 1. The van der Waals surface area contributed by atoms with E-state index in [1.54, 1.807) is 0 Å². The molecule has 0 aliphatic carbocycles. The van der Waals surface area contributed by atoms with Crippen LogP contribution in [0.25, 0.3) is 6.08 Å². The van der Waals surface area contributed by atoms with E-state index in [1.165, 1.54) is 43.5 Å². The van der Waals surface area contributed by atoms with Gasteiger partial charge in [0.05, 0.1) is 12.8 Å². The summed E-state index contributed by atoms with van der Waals surface area (Å²) in [6.07, 6.45) is 1.12. The van der Waals surface area contributed by atoms with Crippen molar-refractivity contribution in [3.8, 4) is 11.5 Å². The highest BCUT2D eigenvalue weighted by molar-refractivity contribution is 6.39. The zero-order chi connectivity index (χ0) is 18.8. The van der Waals surface area contributed by atoms with Crippen LogP contribution in [0, 0.1) is 5.82 Å². The van der Waals surface area contributed by atoms with E-state index in [1.807, 2.05) is 5.32 Å². The summed E-state index contributed by atoms with van der Waals surface area (Å²) in [5, 5.41) is 12.0. The SMILES string of the molecule is COc1ccc(/C=C2/C(=O)NC(=O)N(c3ccccc3F)C2=O)c(O)c1. The Balaban J connectivity index is 2.05. The molecule has 2 aromatic rings. The van der Waals surface area contributed by atoms with Crippen molar-refractivity contribution >= 4 is 29.6 Å². The van der Waals surface area contributed by atoms with Crippen molar-refractivity contribution in [2.75, 3.05) is 12.0 Å². The lowest BCUT2D eigenvalue weighted by atomic mass is 10.1. The van der Waals surface area contributed by atoms with Gasteiger partial charge in [0.2, 0.25) is 0 Å². The maximum absolute atomic E-state index is 14.0. The molecule has 0 radical (unpaired) electrons. The first-order valence-corrected chi connectivity index (χ1v) is 7.45. The molecular formula is C18H13FN2O5. The number of carbonyl (C=O) groups excluding carboxylic acids is 3. The lowest BCUT2D eigenvalue weighted by Crippen LogP contribution is -2.54. The molecule has 1 aliphatic rings. The first-order valence-electron chi connectivity index (χ1n) is 7.45. The Hall–Kier alpha value is -3.68. The van der Waals surface area contributed by atoms with Gasteiger partial charge in [0.1, 0.15) is 22.9 Å². The van der Waals surface area contributed by atoms with Crippen LogP contribution in [0.4, 0.5) is 14.9 Å². The molecule has 1 heterocycles. The number of halogens is 1. The second-order valence-electron chi connectivity index (χ2n) is 5.33. The summed E-state index contributed by atoms with van der Waals surface area (Å²) in [7, 11) is 1.42. The summed E-state index contributed by atoms with van der Waals surface area (Å²) in [6.45, 7) is 0. The molecule has 0 atom stereocenters. The van der Waals surface area contributed by atoms with Gasteiger partial charge in [0.15, 0.2) is 0 Å². The monoisotopic (exact) mass is 356 g/mol. The predicted molar refractivity (Wildman–Crippen MR) is 90.1 cm³/mol. The zero-order valence-electron chi connectivity index (χ0n) is 13.5. The number of anilines is 1. The molecule has 26 heavy (non-hydrogen) atoms. The van der Waals surface area contributed by atoms with Crippen molar-refractivity contribution in [2.24, 2.45) is 0 Å². The van der Waals surface area contributed by atoms with Crippen molar-refractivity contribution in [1.82, 2.24) is 5.32 Å². The number of imide groups is 2. The number of phenols is 1. The average Bonchev–Trinajstić information content (AvgIpc) is 2.61. The molecule has 4 amide bonds. The fraction of sp³-hybridized carbons (Fsp3) is 0.0556. The van der Waals surface area contributed by atoms with Crippen LogP contribution in [0.1, 0.15) is 5.56 Å². The van der Waals surface area contributed by atoms with Crippen LogP contribution in [0.15, 0.2) is 48.0 Å². The molecule has 0 aromatic heterocycles. The third-order valence-corrected chi connectivity index (χ3v) is 3.73. The number of amides is 4. The van der Waals surface area contributed by atoms with Crippen LogP contribution in [0.5, 0.6) is 11.5 Å². The van der Waals surface area contributed by atoms with Gasteiger partial charge in [-0.25, -0.2) is 14.1 Å². The highest BCUT2D eigenvalue weighted by atomic mass is 19.1. The van der Waals surface area contributed by atoms with Gasteiger partial charge in [0, 0.05) is 11.6 Å². The van der Waals surface area contributed by atoms with Crippen LogP contribution in [0.2, 0.25) is 0 Å². The van der Waals surface area contributed by atoms with Gasteiger partial charge >= 0.3 is 6.03 Å². The standard InChI is InChI=1S/C18H13FN2O5/c1-26-11-7-6-10(15(22)9-11)8-12-16(23)20-18(25)21(17(12)24)14-5-3-2-4-13(14)19/h2-9,22H,1H3,(H,20,23,25)/b12-8-. The fourth-order valence-corrected chi connectivity index (χ4v) is 2.44. The summed E-state index contributed by atoms with van der Waals surface area (Å²) < 4.78 is 19.0. The van der Waals surface area contributed by atoms with Crippen molar-refractivity contribution in [3.05, 3.63) is 59.4 Å². The fourth-order valence-electron chi connectivity index (χ4n) is 2.44. The number of rotatable bonds is 3. The van der Waals surface area contributed by atoms with Crippen molar-refractivity contribution in [3.63, 3.8) is 0 Å². The Kier molecular flexibility index (Phi) is 4.40. The number of hydrogen-bond donors (Lipinski definition) is 2. The minimum Gasteiger partial charge on any atom is -0.507 e. The van der Waals surface area contributed by atoms with E-state index in [-0.39, 0.29) is 17.0 Å². The van der Waals surface area contributed by atoms with E-state index in [0.29, 0.717) is 10.6 Å². The van der Waals surface area contributed by atoms with E-state index in [0.717, 1.165) is 12.1 Å². The predicted octanol–water partition coefficient (Wildman–Crippen LogP) is 2.21. The van der Waals surface area contributed by atoms with Gasteiger partial charge in [-0.1, -0.05) is 12.1 Å². The van der Waals surface area contributed by atoms with Gasteiger partial charge in [-0.3, -0.25) is 14.9 Å². The number of benzene rings is 2. The van der Waals surface area contributed by atoms with Crippen LogP contribution in [-0.4, -0.2) is 30.1 Å². The number of para-hydroxylation sites is 1. The van der Waals surface area contributed by atoms with Crippen LogP contribution < -0.4 is 15.0 Å². The quantitative estimate of drug-likeness (QED) is 0.649. The smallest absolute Gasteiger partial charge is 0.336 e.